The zero-order valence-electron chi connectivity index (χ0n) is 13.7. The Kier molecular flexibility index (Phi) is 4.90. The van der Waals surface area contributed by atoms with E-state index in [1.54, 1.807) is 13.3 Å². The molecule has 23 heavy (non-hydrogen) atoms. The van der Waals surface area contributed by atoms with Crippen LogP contribution in [0, 0.1) is 0 Å². The Morgan fingerprint density at radius 1 is 1.30 bits per heavy atom. The van der Waals surface area contributed by atoms with Crippen LogP contribution >= 0.6 is 0 Å². The van der Waals surface area contributed by atoms with Gasteiger partial charge in [-0.1, -0.05) is 19.1 Å². The van der Waals surface area contributed by atoms with Crippen LogP contribution in [0.1, 0.15) is 32.6 Å². The number of rotatable bonds is 5. The predicted molar refractivity (Wildman–Crippen MR) is 91.4 cm³/mol. The van der Waals surface area contributed by atoms with E-state index in [2.05, 4.69) is 32.3 Å². The van der Waals surface area contributed by atoms with Crippen molar-refractivity contribution >= 4 is 17.5 Å². The molecule has 1 aromatic heterocycles. The minimum Gasteiger partial charge on any atom is -0.495 e. The Labute approximate surface area is 136 Å². The molecule has 0 aliphatic carbocycles. The quantitative estimate of drug-likeness (QED) is 0.913. The van der Waals surface area contributed by atoms with Gasteiger partial charge in [0.1, 0.15) is 5.75 Å². The molecule has 6 heteroatoms. The summed E-state index contributed by atoms with van der Waals surface area (Å²) in [5.41, 5.74) is 0.833. The molecule has 1 saturated heterocycles. The van der Waals surface area contributed by atoms with Crippen LogP contribution in [0.5, 0.6) is 5.75 Å². The normalized spacial score (nSPS) is 17.8. The van der Waals surface area contributed by atoms with Crippen LogP contribution in [0.15, 0.2) is 30.5 Å². The van der Waals surface area contributed by atoms with E-state index in [1.807, 2.05) is 24.3 Å². The number of anilines is 3. The number of benzene rings is 1. The van der Waals surface area contributed by atoms with E-state index in [4.69, 9.17) is 4.74 Å². The number of nitrogens with one attached hydrogen (secondary N) is 1. The van der Waals surface area contributed by atoms with Crippen molar-refractivity contribution < 1.29 is 4.74 Å². The Hall–Kier alpha value is -2.37. The number of aromatic nitrogens is 3. The van der Waals surface area contributed by atoms with Crippen LogP contribution < -0.4 is 15.0 Å². The van der Waals surface area contributed by atoms with Gasteiger partial charge in [0.15, 0.2) is 5.82 Å². The number of hydrogen-bond acceptors (Lipinski definition) is 6. The van der Waals surface area contributed by atoms with Crippen molar-refractivity contribution in [1.29, 1.82) is 0 Å². The summed E-state index contributed by atoms with van der Waals surface area (Å²) in [6.07, 6.45) is 6.59. The molecule has 1 aromatic carbocycles. The maximum Gasteiger partial charge on any atom is 0.249 e. The van der Waals surface area contributed by atoms with Gasteiger partial charge < -0.3 is 15.0 Å². The van der Waals surface area contributed by atoms with Gasteiger partial charge >= 0.3 is 0 Å². The van der Waals surface area contributed by atoms with E-state index in [9.17, 15) is 0 Å². The standard InChI is InChI=1S/C17H23N5O/c1-3-13-8-6-7-11-22(13)16-12-18-21-17(20-16)19-14-9-4-5-10-15(14)23-2/h4-5,9-10,12-13H,3,6-8,11H2,1-2H3,(H,19,20,21). The third-order valence-electron chi connectivity index (χ3n) is 4.29. The van der Waals surface area contributed by atoms with E-state index in [-0.39, 0.29) is 0 Å². The van der Waals surface area contributed by atoms with E-state index in [1.165, 1.54) is 19.3 Å². The minimum absolute atomic E-state index is 0.493. The lowest BCUT2D eigenvalue weighted by atomic mass is 10.0. The summed E-state index contributed by atoms with van der Waals surface area (Å²) in [6, 6.07) is 8.25. The molecule has 1 atom stereocenters. The van der Waals surface area contributed by atoms with Crippen molar-refractivity contribution in [3.8, 4) is 5.75 Å². The Morgan fingerprint density at radius 3 is 3.00 bits per heavy atom. The van der Waals surface area contributed by atoms with Crippen LogP contribution in [-0.2, 0) is 0 Å². The highest BCUT2D eigenvalue weighted by Gasteiger charge is 2.22. The first-order valence-corrected chi connectivity index (χ1v) is 8.18. The average Bonchev–Trinajstić information content (AvgIpc) is 2.62. The van der Waals surface area contributed by atoms with Gasteiger partial charge in [-0.15, -0.1) is 5.10 Å². The molecule has 6 nitrogen and oxygen atoms in total. The summed E-state index contributed by atoms with van der Waals surface area (Å²) in [4.78, 5) is 7.00. The summed E-state index contributed by atoms with van der Waals surface area (Å²) in [7, 11) is 1.65. The molecule has 1 N–H and O–H groups in total. The molecule has 2 heterocycles. The summed E-state index contributed by atoms with van der Waals surface area (Å²) in [6.45, 7) is 3.26. The SMILES string of the molecule is CCC1CCCCN1c1cnnc(Nc2ccccc2OC)n1. The third-order valence-corrected chi connectivity index (χ3v) is 4.29. The lowest BCUT2D eigenvalue weighted by Crippen LogP contribution is -2.39. The molecular weight excluding hydrogens is 290 g/mol. The minimum atomic E-state index is 0.493. The fraction of sp³-hybridized carbons (Fsp3) is 0.471. The van der Waals surface area contributed by atoms with Crippen molar-refractivity contribution in [3.05, 3.63) is 30.5 Å². The number of piperidine rings is 1. The first kappa shape index (κ1) is 15.5. The van der Waals surface area contributed by atoms with E-state index in [0.717, 1.165) is 30.2 Å². The van der Waals surface area contributed by atoms with Gasteiger partial charge in [0, 0.05) is 12.6 Å². The average molecular weight is 313 g/mol. The summed E-state index contributed by atoms with van der Waals surface area (Å²) in [5.74, 6) is 2.14. The maximum absolute atomic E-state index is 5.35. The van der Waals surface area contributed by atoms with Crippen molar-refractivity contribution in [2.24, 2.45) is 0 Å². The molecule has 0 spiro atoms. The maximum atomic E-state index is 5.35. The van der Waals surface area contributed by atoms with Crippen LogP contribution in [0.2, 0.25) is 0 Å². The molecule has 122 valence electrons. The zero-order chi connectivity index (χ0) is 16.1. The molecule has 0 radical (unpaired) electrons. The first-order valence-electron chi connectivity index (χ1n) is 8.18. The first-order chi connectivity index (χ1) is 11.3. The molecule has 1 aliphatic heterocycles. The molecule has 0 bridgehead atoms. The molecule has 1 aliphatic rings. The summed E-state index contributed by atoms with van der Waals surface area (Å²) in [5, 5.41) is 11.4. The highest BCUT2D eigenvalue weighted by molar-refractivity contribution is 5.62. The number of para-hydroxylation sites is 2. The Morgan fingerprint density at radius 2 is 2.17 bits per heavy atom. The highest BCUT2D eigenvalue weighted by Crippen LogP contribution is 2.28. The van der Waals surface area contributed by atoms with Crippen LogP contribution in [0.4, 0.5) is 17.5 Å². The zero-order valence-corrected chi connectivity index (χ0v) is 13.7. The second-order valence-corrected chi connectivity index (χ2v) is 5.71. The van der Waals surface area contributed by atoms with Crippen LogP contribution in [0.25, 0.3) is 0 Å². The van der Waals surface area contributed by atoms with Gasteiger partial charge in [-0.25, -0.2) is 0 Å². The van der Waals surface area contributed by atoms with E-state index >= 15 is 0 Å². The van der Waals surface area contributed by atoms with Crippen molar-refractivity contribution in [1.82, 2.24) is 15.2 Å². The van der Waals surface area contributed by atoms with Crippen molar-refractivity contribution in [2.45, 2.75) is 38.6 Å². The molecule has 3 rings (SSSR count). The van der Waals surface area contributed by atoms with Gasteiger partial charge in [-0.2, -0.15) is 10.1 Å². The number of methoxy groups -OCH3 is 1. The van der Waals surface area contributed by atoms with E-state index < -0.39 is 0 Å². The lowest BCUT2D eigenvalue weighted by Gasteiger charge is -2.35. The summed E-state index contributed by atoms with van der Waals surface area (Å²) >= 11 is 0. The second-order valence-electron chi connectivity index (χ2n) is 5.71. The van der Waals surface area contributed by atoms with E-state index in [0.29, 0.717) is 12.0 Å². The lowest BCUT2D eigenvalue weighted by molar-refractivity contribution is 0.416. The van der Waals surface area contributed by atoms with Crippen molar-refractivity contribution in [3.63, 3.8) is 0 Å². The summed E-state index contributed by atoms with van der Waals surface area (Å²) < 4.78 is 5.35. The molecule has 0 saturated carbocycles. The molecular formula is C17H23N5O. The highest BCUT2D eigenvalue weighted by atomic mass is 16.5. The van der Waals surface area contributed by atoms with Crippen molar-refractivity contribution in [2.75, 3.05) is 23.9 Å². The molecule has 2 aromatic rings. The Bertz CT molecular complexity index is 648. The molecule has 1 fully saturated rings. The fourth-order valence-corrected chi connectivity index (χ4v) is 3.08. The predicted octanol–water partition coefficient (Wildman–Crippen LogP) is 3.39. The molecule has 1 unspecified atom stereocenters. The Balaban J connectivity index is 1.82. The van der Waals surface area contributed by atoms with Crippen LogP contribution in [-0.4, -0.2) is 34.9 Å². The number of ether oxygens (including phenoxy) is 1. The monoisotopic (exact) mass is 313 g/mol. The third kappa shape index (κ3) is 3.52. The van der Waals surface area contributed by atoms with Gasteiger partial charge in [0.25, 0.3) is 0 Å². The van der Waals surface area contributed by atoms with Crippen LogP contribution in [0.3, 0.4) is 0 Å². The second kappa shape index (κ2) is 7.26. The van der Waals surface area contributed by atoms with Gasteiger partial charge in [-0.3, -0.25) is 0 Å². The largest absolute Gasteiger partial charge is 0.495 e. The van der Waals surface area contributed by atoms with Gasteiger partial charge in [0.2, 0.25) is 5.95 Å². The smallest absolute Gasteiger partial charge is 0.249 e. The number of hydrogen-bond donors (Lipinski definition) is 1. The van der Waals surface area contributed by atoms with Gasteiger partial charge in [0.05, 0.1) is 19.0 Å². The molecule has 0 amide bonds. The van der Waals surface area contributed by atoms with Gasteiger partial charge in [-0.05, 0) is 37.8 Å². The number of nitrogens with zero attached hydrogens (tertiary/aromatic N) is 4. The fourth-order valence-electron chi connectivity index (χ4n) is 3.08. The topological polar surface area (TPSA) is 63.2 Å².